The van der Waals surface area contributed by atoms with Crippen molar-refractivity contribution in [3.63, 3.8) is 0 Å². The van der Waals surface area contributed by atoms with Crippen LogP contribution in [0.1, 0.15) is 32.1 Å². The Labute approximate surface area is 100 Å². The minimum atomic E-state index is -0.779. The highest BCUT2D eigenvalue weighted by Gasteiger charge is 2.14. The molecular formula is C11H19NO3S. The molecule has 1 rings (SSSR count). The predicted octanol–water partition coefficient (Wildman–Crippen LogP) is 1.60. The first-order valence-corrected chi connectivity index (χ1v) is 6.93. The molecule has 4 nitrogen and oxygen atoms in total. The number of carboxylic acid groups (broad SMARTS) is 1. The van der Waals surface area contributed by atoms with E-state index in [4.69, 9.17) is 5.11 Å². The van der Waals surface area contributed by atoms with E-state index in [1.165, 1.54) is 0 Å². The molecule has 1 N–H and O–H groups in total. The summed E-state index contributed by atoms with van der Waals surface area (Å²) in [6.07, 6.45) is 3.03. The van der Waals surface area contributed by atoms with Gasteiger partial charge in [-0.1, -0.05) is 0 Å². The summed E-state index contributed by atoms with van der Waals surface area (Å²) < 4.78 is 0. The van der Waals surface area contributed by atoms with Crippen LogP contribution in [0.4, 0.5) is 0 Å². The third kappa shape index (κ3) is 5.39. The van der Waals surface area contributed by atoms with Gasteiger partial charge in [0, 0.05) is 31.7 Å². The van der Waals surface area contributed by atoms with Gasteiger partial charge in [-0.15, -0.1) is 0 Å². The molecule has 1 aliphatic heterocycles. The summed E-state index contributed by atoms with van der Waals surface area (Å²) in [4.78, 5) is 24.0. The first kappa shape index (κ1) is 13.4. The number of carbonyl (C=O) groups is 2. The molecule has 1 heterocycles. The van der Waals surface area contributed by atoms with Gasteiger partial charge in [-0.3, -0.25) is 9.59 Å². The summed E-state index contributed by atoms with van der Waals surface area (Å²) in [5, 5.41) is 8.47. The van der Waals surface area contributed by atoms with Crippen LogP contribution in [0.15, 0.2) is 0 Å². The van der Waals surface area contributed by atoms with Crippen LogP contribution < -0.4 is 0 Å². The van der Waals surface area contributed by atoms with E-state index < -0.39 is 5.97 Å². The molecule has 5 heteroatoms. The number of aliphatic carboxylic acids is 1. The predicted molar refractivity (Wildman–Crippen MR) is 64.6 cm³/mol. The molecule has 0 aromatic carbocycles. The average molecular weight is 245 g/mol. The van der Waals surface area contributed by atoms with Gasteiger partial charge in [0.1, 0.15) is 0 Å². The van der Waals surface area contributed by atoms with E-state index in [2.05, 4.69) is 0 Å². The first-order chi connectivity index (χ1) is 7.70. The van der Waals surface area contributed by atoms with Crippen LogP contribution in [0.3, 0.4) is 0 Å². The SMILES string of the molecule is O=C(O)CCCCC(=O)N1CCCSCC1. The van der Waals surface area contributed by atoms with Crippen molar-refractivity contribution in [2.75, 3.05) is 24.6 Å². The lowest BCUT2D eigenvalue weighted by atomic mass is 10.2. The Balaban J connectivity index is 2.15. The maximum atomic E-state index is 11.8. The van der Waals surface area contributed by atoms with E-state index in [9.17, 15) is 9.59 Å². The van der Waals surface area contributed by atoms with Crippen molar-refractivity contribution in [1.82, 2.24) is 4.90 Å². The zero-order valence-corrected chi connectivity index (χ0v) is 10.3. The van der Waals surface area contributed by atoms with Crippen molar-refractivity contribution in [3.8, 4) is 0 Å². The molecule has 1 amide bonds. The molecule has 1 fully saturated rings. The van der Waals surface area contributed by atoms with E-state index in [1.807, 2.05) is 16.7 Å². The Hall–Kier alpha value is -0.710. The van der Waals surface area contributed by atoms with Gasteiger partial charge in [0.05, 0.1) is 0 Å². The molecule has 0 saturated carbocycles. The van der Waals surface area contributed by atoms with E-state index in [0.29, 0.717) is 19.3 Å². The van der Waals surface area contributed by atoms with Crippen LogP contribution in [0, 0.1) is 0 Å². The second-order valence-corrected chi connectivity index (χ2v) is 5.17. The number of rotatable bonds is 5. The molecule has 0 atom stereocenters. The molecule has 0 radical (unpaired) electrons. The third-order valence-corrected chi connectivity index (χ3v) is 3.65. The summed E-state index contributed by atoms with van der Waals surface area (Å²) in [5.74, 6) is 1.58. The van der Waals surface area contributed by atoms with Crippen molar-refractivity contribution >= 4 is 23.6 Å². The van der Waals surface area contributed by atoms with Crippen LogP contribution in [0.2, 0.25) is 0 Å². The number of unbranched alkanes of at least 4 members (excludes halogenated alkanes) is 1. The second-order valence-electron chi connectivity index (χ2n) is 3.95. The fourth-order valence-corrected chi connectivity index (χ4v) is 2.59. The Morgan fingerprint density at radius 2 is 1.88 bits per heavy atom. The third-order valence-electron chi connectivity index (χ3n) is 2.61. The number of amides is 1. The maximum absolute atomic E-state index is 11.8. The first-order valence-electron chi connectivity index (χ1n) is 5.77. The van der Waals surface area contributed by atoms with Crippen molar-refractivity contribution < 1.29 is 14.7 Å². The molecule has 0 aliphatic carbocycles. The number of nitrogens with zero attached hydrogens (tertiary/aromatic N) is 1. The largest absolute Gasteiger partial charge is 0.481 e. The van der Waals surface area contributed by atoms with E-state index in [1.54, 1.807) is 0 Å². The number of hydrogen-bond acceptors (Lipinski definition) is 3. The minimum absolute atomic E-state index is 0.170. The molecule has 0 aromatic heterocycles. The van der Waals surface area contributed by atoms with Crippen LogP contribution >= 0.6 is 11.8 Å². The molecule has 0 bridgehead atoms. The topological polar surface area (TPSA) is 57.6 Å². The van der Waals surface area contributed by atoms with Crippen LogP contribution in [-0.2, 0) is 9.59 Å². The van der Waals surface area contributed by atoms with Crippen molar-refractivity contribution in [2.45, 2.75) is 32.1 Å². The van der Waals surface area contributed by atoms with Gasteiger partial charge < -0.3 is 10.0 Å². The second kappa shape index (κ2) is 7.54. The van der Waals surface area contributed by atoms with Gasteiger partial charge >= 0.3 is 5.97 Å². The zero-order valence-electron chi connectivity index (χ0n) is 9.48. The highest BCUT2D eigenvalue weighted by atomic mass is 32.2. The van der Waals surface area contributed by atoms with Crippen LogP contribution in [0.5, 0.6) is 0 Å². The molecular weight excluding hydrogens is 226 g/mol. The van der Waals surface area contributed by atoms with E-state index in [0.717, 1.165) is 31.0 Å². The van der Waals surface area contributed by atoms with Crippen molar-refractivity contribution in [1.29, 1.82) is 0 Å². The van der Waals surface area contributed by atoms with Gasteiger partial charge in [-0.25, -0.2) is 0 Å². The summed E-state index contributed by atoms with van der Waals surface area (Å²) in [6.45, 7) is 1.72. The standard InChI is InChI=1S/C11H19NO3S/c13-10(4-1-2-5-11(14)15)12-6-3-8-16-9-7-12/h1-9H2,(H,14,15). The van der Waals surface area contributed by atoms with Gasteiger partial charge in [0.2, 0.25) is 5.91 Å². The highest BCUT2D eigenvalue weighted by Crippen LogP contribution is 2.12. The van der Waals surface area contributed by atoms with E-state index in [-0.39, 0.29) is 12.3 Å². The van der Waals surface area contributed by atoms with Crippen LogP contribution in [-0.4, -0.2) is 46.5 Å². The molecule has 16 heavy (non-hydrogen) atoms. The van der Waals surface area contributed by atoms with Gasteiger partial charge in [-0.2, -0.15) is 11.8 Å². The lowest BCUT2D eigenvalue weighted by molar-refractivity contribution is -0.137. The van der Waals surface area contributed by atoms with Gasteiger partial charge in [-0.05, 0) is 25.0 Å². The fourth-order valence-electron chi connectivity index (χ4n) is 1.71. The van der Waals surface area contributed by atoms with Crippen molar-refractivity contribution in [3.05, 3.63) is 0 Å². The lowest BCUT2D eigenvalue weighted by Crippen LogP contribution is -2.32. The molecule has 1 saturated heterocycles. The van der Waals surface area contributed by atoms with Crippen LogP contribution in [0.25, 0.3) is 0 Å². The van der Waals surface area contributed by atoms with Gasteiger partial charge in [0.25, 0.3) is 0 Å². The normalized spacial score (nSPS) is 16.9. The smallest absolute Gasteiger partial charge is 0.303 e. The average Bonchev–Trinajstić information content (AvgIpc) is 2.52. The van der Waals surface area contributed by atoms with Crippen molar-refractivity contribution in [2.24, 2.45) is 0 Å². The summed E-state index contributed by atoms with van der Waals surface area (Å²) in [7, 11) is 0. The summed E-state index contributed by atoms with van der Waals surface area (Å²) >= 11 is 1.90. The Morgan fingerprint density at radius 1 is 1.12 bits per heavy atom. The minimum Gasteiger partial charge on any atom is -0.481 e. The summed E-state index contributed by atoms with van der Waals surface area (Å²) in [6, 6.07) is 0. The molecule has 0 unspecified atom stereocenters. The number of carboxylic acids is 1. The molecule has 0 aromatic rings. The quantitative estimate of drug-likeness (QED) is 0.747. The number of hydrogen-bond donors (Lipinski definition) is 1. The lowest BCUT2D eigenvalue weighted by Gasteiger charge is -2.19. The molecule has 0 spiro atoms. The Bertz CT molecular complexity index is 237. The zero-order chi connectivity index (χ0) is 11.8. The Morgan fingerprint density at radius 3 is 2.62 bits per heavy atom. The van der Waals surface area contributed by atoms with Gasteiger partial charge in [0.15, 0.2) is 0 Å². The summed E-state index contributed by atoms with van der Waals surface area (Å²) in [5.41, 5.74) is 0. The maximum Gasteiger partial charge on any atom is 0.303 e. The monoisotopic (exact) mass is 245 g/mol. The van der Waals surface area contributed by atoms with E-state index >= 15 is 0 Å². The number of thioether (sulfide) groups is 1. The fraction of sp³-hybridized carbons (Fsp3) is 0.818. The number of carbonyl (C=O) groups excluding carboxylic acids is 1. The molecule has 92 valence electrons. The Kier molecular flexibility index (Phi) is 6.30. The highest BCUT2D eigenvalue weighted by molar-refractivity contribution is 7.99. The molecule has 1 aliphatic rings.